The number of amides is 1. The Labute approximate surface area is 119 Å². The molecule has 1 aliphatic heterocycles. The maximum atomic E-state index is 12.6. The Morgan fingerprint density at radius 1 is 1.40 bits per heavy atom. The number of nitrogens with zero attached hydrogens (tertiary/aromatic N) is 2. The van der Waals surface area contributed by atoms with Crippen LogP contribution in [-0.2, 0) is 9.47 Å². The largest absolute Gasteiger partial charge is 0.385 e. The number of rotatable bonds is 5. The minimum absolute atomic E-state index is 0.0457. The summed E-state index contributed by atoms with van der Waals surface area (Å²) in [7, 11) is 3.28. The molecule has 0 spiro atoms. The zero-order chi connectivity index (χ0) is 14.5. The van der Waals surface area contributed by atoms with Crippen molar-refractivity contribution in [2.45, 2.75) is 19.1 Å². The number of nitrogens with one attached hydrogen (secondary N) is 1. The van der Waals surface area contributed by atoms with E-state index < -0.39 is 0 Å². The van der Waals surface area contributed by atoms with Gasteiger partial charge in [0, 0.05) is 46.2 Å². The number of carbonyl (C=O) groups is 1. The van der Waals surface area contributed by atoms with Crippen molar-refractivity contribution in [3.8, 4) is 0 Å². The lowest BCUT2D eigenvalue weighted by Crippen LogP contribution is -2.30. The summed E-state index contributed by atoms with van der Waals surface area (Å²) in [6.45, 7) is 3.82. The summed E-state index contributed by atoms with van der Waals surface area (Å²) in [4.78, 5) is 18.4. The smallest absolute Gasteiger partial charge is 0.257 e. The van der Waals surface area contributed by atoms with E-state index in [1.807, 2.05) is 13.0 Å². The van der Waals surface area contributed by atoms with Crippen LogP contribution in [0, 0.1) is 0 Å². The van der Waals surface area contributed by atoms with Gasteiger partial charge in [0.2, 0.25) is 0 Å². The maximum Gasteiger partial charge on any atom is 0.257 e. The second-order valence-electron chi connectivity index (χ2n) is 4.71. The van der Waals surface area contributed by atoms with E-state index in [9.17, 15) is 4.79 Å². The molecule has 0 aliphatic carbocycles. The van der Waals surface area contributed by atoms with Crippen molar-refractivity contribution in [1.29, 1.82) is 0 Å². The lowest BCUT2D eigenvalue weighted by atomic mass is 10.2. The molecule has 0 aromatic carbocycles. The first-order valence-corrected chi connectivity index (χ1v) is 6.74. The SMILES string of the molecule is CCNc1ccncc1C(=O)N1CC(OC)C(OC)C1. The molecule has 2 unspecified atom stereocenters. The normalized spacial score (nSPS) is 22.1. The molecule has 20 heavy (non-hydrogen) atoms. The fourth-order valence-corrected chi connectivity index (χ4v) is 2.44. The van der Waals surface area contributed by atoms with Gasteiger partial charge in [0.15, 0.2) is 0 Å². The Hall–Kier alpha value is -1.66. The monoisotopic (exact) mass is 279 g/mol. The van der Waals surface area contributed by atoms with E-state index in [2.05, 4.69) is 10.3 Å². The van der Waals surface area contributed by atoms with Crippen LogP contribution in [-0.4, -0.2) is 61.9 Å². The third-order valence-corrected chi connectivity index (χ3v) is 3.53. The minimum atomic E-state index is -0.0804. The molecule has 2 rings (SSSR count). The van der Waals surface area contributed by atoms with Crippen LogP contribution in [0.4, 0.5) is 5.69 Å². The lowest BCUT2D eigenvalue weighted by Gasteiger charge is -2.18. The van der Waals surface area contributed by atoms with Crippen LogP contribution in [0.15, 0.2) is 18.5 Å². The summed E-state index contributed by atoms with van der Waals surface area (Å²) in [5, 5.41) is 3.18. The Kier molecular flexibility index (Phi) is 4.92. The Morgan fingerprint density at radius 2 is 2.05 bits per heavy atom. The van der Waals surface area contributed by atoms with Crippen molar-refractivity contribution >= 4 is 11.6 Å². The quantitative estimate of drug-likeness (QED) is 0.871. The van der Waals surface area contributed by atoms with Crippen molar-refractivity contribution < 1.29 is 14.3 Å². The predicted molar refractivity (Wildman–Crippen MR) is 75.9 cm³/mol. The van der Waals surface area contributed by atoms with E-state index in [1.54, 1.807) is 31.5 Å². The Bertz CT molecular complexity index is 455. The average molecular weight is 279 g/mol. The van der Waals surface area contributed by atoms with Gasteiger partial charge in [-0.25, -0.2) is 0 Å². The van der Waals surface area contributed by atoms with Gasteiger partial charge < -0.3 is 19.7 Å². The van der Waals surface area contributed by atoms with E-state index in [1.165, 1.54) is 0 Å². The number of pyridine rings is 1. The summed E-state index contributed by atoms with van der Waals surface area (Å²) in [6, 6.07) is 1.81. The standard InChI is InChI=1S/C14H21N3O3/c1-4-16-11-5-6-15-7-10(11)14(18)17-8-12(19-2)13(9-17)20-3/h5-7,12-13H,4,8-9H2,1-3H3,(H,15,16). The molecule has 6 nitrogen and oxygen atoms in total. The predicted octanol–water partition coefficient (Wildman–Crippen LogP) is 0.999. The molecule has 0 radical (unpaired) electrons. The zero-order valence-electron chi connectivity index (χ0n) is 12.1. The molecular formula is C14H21N3O3. The molecule has 1 fully saturated rings. The molecule has 1 aliphatic rings. The molecule has 2 atom stereocenters. The molecule has 1 aromatic heterocycles. The molecule has 1 saturated heterocycles. The molecule has 110 valence electrons. The average Bonchev–Trinajstić information content (AvgIpc) is 2.91. The van der Waals surface area contributed by atoms with Gasteiger partial charge in [0.05, 0.1) is 11.3 Å². The van der Waals surface area contributed by atoms with Crippen LogP contribution in [0.5, 0.6) is 0 Å². The molecule has 1 N–H and O–H groups in total. The number of anilines is 1. The van der Waals surface area contributed by atoms with Gasteiger partial charge in [0.1, 0.15) is 12.2 Å². The Balaban J connectivity index is 2.16. The van der Waals surface area contributed by atoms with Gasteiger partial charge in [-0.2, -0.15) is 0 Å². The first kappa shape index (κ1) is 14.7. The van der Waals surface area contributed by atoms with Crippen LogP contribution in [0.3, 0.4) is 0 Å². The highest BCUT2D eigenvalue weighted by Gasteiger charge is 2.36. The molecule has 0 bridgehead atoms. The first-order chi connectivity index (χ1) is 9.71. The van der Waals surface area contributed by atoms with Crippen molar-refractivity contribution in [1.82, 2.24) is 9.88 Å². The number of methoxy groups -OCH3 is 2. The van der Waals surface area contributed by atoms with Gasteiger partial charge >= 0.3 is 0 Å². The van der Waals surface area contributed by atoms with Crippen LogP contribution < -0.4 is 5.32 Å². The van der Waals surface area contributed by atoms with Crippen LogP contribution in [0.2, 0.25) is 0 Å². The number of ether oxygens (including phenoxy) is 2. The molecule has 2 heterocycles. The van der Waals surface area contributed by atoms with E-state index in [-0.39, 0.29) is 18.1 Å². The highest BCUT2D eigenvalue weighted by Crippen LogP contribution is 2.21. The van der Waals surface area contributed by atoms with E-state index in [4.69, 9.17) is 9.47 Å². The molecule has 1 aromatic rings. The number of aromatic nitrogens is 1. The summed E-state index contributed by atoms with van der Waals surface area (Å²) in [5.74, 6) is -0.0457. The first-order valence-electron chi connectivity index (χ1n) is 6.74. The van der Waals surface area contributed by atoms with E-state index in [0.29, 0.717) is 18.7 Å². The van der Waals surface area contributed by atoms with Gasteiger partial charge in [-0.15, -0.1) is 0 Å². The molecular weight excluding hydrogens is 258 g/mol. The topological polar surface area (TPSA) is 63.7 Å². The molecule has 6 heteroatoms. The van der Waals surface area contributed by atoms with Gasteiger partial charge in [0.25, 0.3) is 5.91 Å². The number of likely N-dealkylation sites (tertiary alicyclic amines) is 1. The highest BCUT2D eigenvalue weighted by atomic mass is 16.5. The van der Waals surface area contributed by atoms with Crippen LogP contribution in [0.25, 0.3) is 0 Å². The highest BCUT2D eigenvalue weighted by molar-refractivity contribution is 5.99. The van der Waals surface area contributed by atoms with Crippen LogP contribution in [0.1, 0.15) is 17.3 Å². The van der Waals surface area contributed by atoms with Crippen LogP contribution >= 0.6 is 0 Å². The lowest BCUT2D eigenvalue weighted by molar-refractivity contribution is -0.00461. The van der Waals surface area contributed by atoms with E-state index in [0.717, 1.165) is 12.2 Å². The van der Waals surface area contributed by atoms with Crippen molar-refractivity contribution in [2.24, 2.45) is 0 Å². The number of hydrogen-bond acceptors (Lipinski definition) is 5. The van der Waals surface area contributed by atoms with Gasteiger partial charge in [-0.3, -0.25) is 9.78 Å². The van der Waals surface area contributed by atoms with Crippen molar-refractivity contribution in [3.63, 3.8) is 0 Å². The second-order valence-corrected chi connectivity index (χ2v) is 4.71. The molecule has 0 saturated carbocycles. The third kappa shape index (κ3) is 2.91. The fourth-order valence-electron chi connectivity index (χ4n) is 2.44. The third-order valence-electron chi connectivity index (χ3n) is 3.53. The summed E-state index contributed by atoms with van der Waals surface area (Å²) >= 11 is 0. The fraction of sp³-hybridized carbons (Fsp3) is 0.571. The second kappa shape index (κ2) is 6.67. The number of hydrogen-bond donors (Lipinski definition) is 1. The minimum Gasteiger partial charge on any atom is -0.385 e. The van der Waals surface area contributed by atoms with Crippen molar-refractivity contribution in [2.75, 3.05) is 39.2 Å². The van der Waals surface area contributed by atoms with Gasteiger partial charge in [-0.1, -0.05) is 0 Å². The summed E-state index contributed by atoms with van der Waals surface area (Å²) in [5.41, 5.74) is 1.39. The maximum absolute atomic E-state index is 12.6. The summed E-state index contributed by atoms with van der Waals surface area (Å²) < 4.78 is 10.7. The van der Waals surface area contributed by atoms with Gasteiger partial charge in [-0.05, 0) is 13.0 Å². The Morgan fingerprint density at radius 3 is 2.60 bits per heavy atom. The number of carbonyl (C=O) groups excluding carboxylic acids is 1. The van der Waals surface area contributed by atoms with E-state index >= 15 is 0 Å². The summed E-state index contributed by atoms with van der Waals surface area (Å²) in [6.07, 6.45) is 3.11. The zero-order valence-corrected chi connectivity index (χ0v) is 12.1. The van der Waals surface area contributed by atoms with Crippen molar-refractivity contribution in [3.05, 3.63) is 24.0 Å². The molecule has 1 amide bonds.